The lowest BCUT2D eigenvalue weighted by Gasteiger charge is -2.17. The molecule has 1 heterocycles. The summed E-state index contributed by atoms with van der Waals surface area (Å²) in [6.07, 6.45) is 3.74. The molecule has 0 bridgehead atoms. The molecule has 24 heavy (non-hydrogen) atoms. The van der Waals surface area contributed by atoms with Gasteiger partial charge in [-0.3, -0.25) is 9.78 Å². The fraction of sp³-hybridized carbons (Fsp3) is 0.368. The van der Waals surface area contributed by atoms with Gasteiger partial charge in [0.05, 0.1) is 11.7 Å². The van der Waals surface area contributed by atoms with Crippen molar-refractivity contribution in [3.05, 3.63) is 65.5 Å². The molecule has 0 radical (unpaired) electrons. The summed E-state index contributed by atoms with van der Waals surface area (Å²) in [4.78, 5) is 16.2. The molecule has 0 saturated heterocycles. The van der Waals surface area contributed by atoms with Gasteiger partial charge in [-0.2, -0.15) is 0 Å². The summed E-state index contributed by atoms with van der Waals surface area (Å²) in [6, 6.07) is 10.8. The van der Waals surface area contributed by atoms with E-state index in [1.165, 1.54) is 0 Å². The minimum atomic E-state index is -0.791. The Labute approximate surface area is 142 Å². The number of nitrogens with one attached hydrogen (secondary N) is 1. The second-order valence-corrected chi connectivity index (χ2v) is 6.52. The van der Waals surface area contributed by atoms with Gasteiger partial charge in [0.2, 0.25) is 0 Å². The third-order valence-corrected chi connectivity index (χ3v) is 3.74. The lowest BCUT2D eigenvalue weighted by Crippen LogP contribution is -2.28. The number of carbonyl (C=O) groups excluding carboxylic acids is 1. The summed E-state index contributed by atoms with van der Waals surface area (Å²) >= 11 is 0. The number of aliphatic hydroxyl groups excluding tert-OH is 1. The van der Waals surface area contributed by atoms with Gasteiger partial charge in [-0.25, -0.2) is 0 Å². The Kier molecular flexibility index (Phi) is 6.06. The minimum absolute atomic E-state index is 0.123. The summed E-state index contributed by atoms with van der Waals surface area (Å²) < 4.78 is 0. The number of rotatable bonds is 7. The normalized spacial score (nSPS) is 12.7. The maximum atomic E-state index is 12.2. The van der Waals surface area contributed by atoms with Crippen molar-refractivity contribution in [2.75, 3.05) is 6.54 Å². The third kappa shape index (κ3) is 5.76. The molecule has 0 aliphatic carbocycles. The van der Waals surface area contributed by atoms with Crippen LogP contribution in [0.25, 0.3) is 0 Å². The Morgan fingerprint density at radius 1 is 1.29 bits per heavy atom. The van der Waals surface area contributed by atoms with Gasteiger partial charge in [0.15, 0.2) is 0 Å². The van der Waals surface area contributed by atoms with Gasteiger partial charge in [-0.05, 0) is 50.5 Å². The number of pyridine rings is 1. The highest BCUT2D eigenvalue weighted by Crippen LogP contribution is 2.15. The monoisotopic (exact) mass is 328 g/mol. The molecule has 128 valence electrons. The highest BCUT2D eigenvalue weighted by atomic mass is 16.3. The number of aryl methyl sites for hydroxylation is 1. The summed E-state index contributed by atoms with van der Waals surface area (Å²) in [5.74, 6) is -0.233. The van der Waals surface area contributed by atoms with E-state index in [1.54, 1.807) is 44.4 Å². The first-order valence-electron chi connectivity index (χ1n) is 8.03. The predicted octanol–water partition coefficient (Wildman–Crippen LogP) is 2.25. The summed E-state index contributed by atoms with van der Waals surface area (Å²) in [5, 5.41) is 22.6. The van der Waals surface area contributed by atoms with Crippen molar-refractivity contribution >= 4 is 5.91 Å². The molecular formula is C19H24N2O3. The SMILES string of the molecule is CC(C)(O)CCc1cccc(C(=O)NC[C@H](O)c2cccnc2)c1. The number of carbonyl (C=O) groups is 1. The molecule has 0 spiro atoms. The minimum Gasteiger partial charge on any atom is -0.390 e. The predicted molar refractivity (Wildman–Crippen MR) is 92.6 cm³/mol. The van der Waals surface area contributed by atoms with Crippen molar-refractivity contribution in [1.82, 2.24) is 10.3 Å². The molecular weight excluding hydrogens is 304 g/mol. The largest absolute Gasteiger partial charge is 0.390 e. The number of benzene rings is 1. The molecule has 1 amide bonds. The number of hydrogen-bond donors (Lipinski definition) is 3. The van der Waals surface area contributed by atoms with E-state index in [0.717, 1.165) is 5.56 Å². The van der Waals surface area contributed by atoms with Crippen molar-refractivity contribution in [3.63, 3.8) is 0 Å². The average molecular weight is 328 g/mol. The Morgan fingerprint density at radius 3 is 2.75 bits per heavy atom. The molecule has 2 rings (SSSR count). The zero-order chi connectivity index (χ0) is 17.6. The number of aliphatic hydroxyl groups is 2. The van der Waals surface area contributed by atoms with Crippen molar-refractivity contribution in [1.29, 1.82) is 0 Å². The topological polar surface area (TPSA) is 82.5 Å². The van der Waals surface area contributed by atoms with E-state index in [9.17, 15) is 15.0 Å². The van der Waals surface area contributed by atoms with Crippen LogP contribution in [0.4, 0.5) is 0 Å². The van der Waals surface area contributed by atoms with Crippen LogP contribution >= 0.6 is 0 Å². The first-order chi connectivity index (χ1) is 11.3. The maximum Gasteiger partial charge on any atom is 0.251 e. The van der Waals surface area contributed by atoms with Crippen LogP contribution in [0.3, 0.4) is 0 Å². The number of nitrogens with zero attached hydrogens (tertiary/aromatic N) is 1. The van der Waals surface area contributed by atoms with Crippen LogP contribution < -0.4 is 5.32 Å². The lowest BCUT2D eigenvalue weighted by atomic mass is 9.98. The Hall–Kier alpha value is -2.24. The van der Waals surface area contributed by atoms with E-state index in [-0.39, 0.29) is 12.5 Å². The zero-order valence-electron chi connectivity index (χ0n) is 14.1. The molecule has 3 N–H and O–H groups in total. The van der Waals surface area contributed by atoms with E-state index in [2.05, 4.69) is 10.3 Å². The molecule has 0 aliphatic rings. The standard InChI is InChI=1S/C19H24N2O3/c1-19(2,24)9-8-14-5-3-6-15(11-14)18(23)21-13-17(22)16-7-4-10-20-12-16/h3-7,10-12,17,22,24H,8-9,13H2,1-2H3,(H,21,23)/t17-/m0/s1. The Morgan fingerprint density at radius 2 is 2.08 bits per heavy atom. The van der Waals surface area contributed by atoms with Crippen LogP contribution in [0.15, 0.2) is 48.8 Å². The van der Waals surface area contributed by atoms with Gasteiger partial charge < -0.3 is 15.5 Å². The van der Waals surface area contributed by atoms with Gasteiger partial charge in [0, 0.05) is 30.1 Å². The van der Waals surface area contributed by atoms with Crippen LogP contribution in [0, 0.1) is 0 Å². The summed E-state index contributed by atoms with van der Waals surface area (Å²) in [7, 11) is 0. The van der Waals surface area contributed by atoms with Crippen LogP contribution in [0.5, 0.6) is 0 Å². The number of aromatic nitrogens is 1. The first-order valence-corrected chi connectivity index (χ1v) is 8.03. The molecule has 5 nitrogen and oxygen atoms in total. The molecule has 0 saturated carbocycles. The van der Waals surface area contributed by atoms with E-state index < -0.39 is 11.7 Å². The second-order valence-electron chi connectivity index (χ2n) is 6.52. The molecule has 5 heteroatoms. The third-order valence-electron chi connectivity index (χ3n) is 3.74. The van der Waals surface area contributed by atoms with Gasteiger partial charge in [0.1, 0.15) is 0 Å². The van der Waals surface area contributed by atoms with Crippen LogP contribution in [-0.4, -0.2) is 33.3 Å². The number of hydrogen-bond acceptors (Lipinski definition) is 4. The van der Waals surface area contributed by atoms with Crippen molar-refractivity contribution in [3.8, 4) is 0 Å². The first kappa shape index (κ1) is 18.1. The van der Waals surface area contributed by atoms with Crippen molar-refractivity contribution < 1.29 is 15.0 Å². The quantitative estimate of drug-likeness (QED) is 0.728. The van der Waals surface area contributed by atoms with Gasteiger partial charge in [-0.15, -0.1) is 0 Å². The maximum absolute atomic E-state index is 12.2. The molecule has 2 aromatic rings. The molecule has 1 atom stereocenters. The van der Waals surface area contributed by atoms with Crippen LogP contribution in [0.1, 0.15) is 47.9 Å². The van der Waals surface area contributed by atoms with E-state index in [0.29, 0.717) is 24.0 Å². The zero-order valence-corrected chi connectivity index (χ0v) is 14.1. The smallest absolute Gasteiger partial charge is 0.251 e. The van der Waals surface area contributed by atoms with Crippen LogP contribution in [0.2, 0.25) is 0 Å². The lowest BCUT2D eigenvalue weighted by molar-refractivity contribution is 0.0714. The van der Waals surface area contributed by atoms with E-state index in [4.69, 9.17) is 0 Å². The molecule has 1 aromatic carbocycles. The molecule has 1 aromatic heterocycles. The van der Waals surface area contributed by atoms with Crippen molar-refractivity contribution in [2.24, 2.45) is 0 Å². The second kappa shape index (κ2) is 8.04. The highest BCUT2D eigenvalue weighted by molar-refractivity contribution is 5.94. The van der Waals surface area contributed by atoms with Gasteiger partial charge in [0.25, 0.3) is 5.91 Å². The summed E-state index contributed by atoms with van der Waals surface area (Å²) in [6.45, 7) is 3.66. The highest BCUT2D eigenvalue weighted by Gasteiger charge is 2.14. The van der Waals surface area contributed by atoms with E-state index in [1.807, 2.05) is 18.2 Å². The average Bonchev–Trinajstić information content (AvgIpc) is 2.58. The fourth-order valence-electron chi connectivity index (χ4n) is 2.30. The summed E-state index contributed by atoms with van der Waals surface area (Å²) in [5.41, 5.74) is 1.47. The Bertz CT molecular complexity index is 666. The van der Waals surface area contributed by atoms with Gasteiger partial charge >= 0.3 is 0 Å². The number of amides is 1. The van der Waals surface area contributed by atoms with E-state index >= 15 is 0 Å². The molecule has 0 fully saturated rings. The molecule has 0 aliphatic heterocycles. The molecule has 0 unspecified atom stereocenters. The Balaban J connectivity index is 1.92. The van der Waals surface area contributed by atoms with Crippen LogP contribution in [-0.2, 0) is 6.42 Å². The fourth-order valence-corrected chi connectivity index (χ4v) is 2.30. The van der Waals surface area contributed by atoms with Crippen molar-refractivity contribution in [2.45, 2.75) is 38.4 Å². The van der Waals surface area contributed by atoms with Gasteiger partial charge in [-0.1, -0.05) is 18.2 Å².